The fourth-order valence-electron chi connectivity index (χ4n) is 1.95. The summed E-state index contributed by atoms with van der Waals surface area (Å²) < 4.78 is 6.44. The molecule has 0 unspecified atom stereocenters. The summed E-state index contributed by atoms with van der Waals surface area (Å²) >= 11 is 2.38. The summed E-state index contributed by atoms with van der Waals surface area (Å²) in [6.45, 7) is 8.18. The lowest BCUT2D eigenvalue weighted by molar-refractivity contribution is -0.147. The Kier molecular flexibility index (Phi) is 6.83. The van der Waals surface area contributed by atoms with Gasteiger partial charge in [0.25, 0.3) is 0 Å². The first kappa shape index (κ1) is 16.5. The molecule has 0 aliphatic rings. The summed E-state index contributed by atoms with van der Waals surface area (Å²) in [6.07, 6.45) is 2.27. The standard InChI is InChI=1S/C16H23IO2/c1-11(2)14-10-13(8-9-15(14)17)6-5-7-16(18)19-12(3)4/h8-12H,5-7H2,1-4H3. The summed E-state index contributed by atoms with van der Waals surface area (Å²) in [5, 5.41) is 0. The minimum absolute atomic E-state index is 0.0154. The maximum Gasteiger partial charge on any atom is 0.306 e. The van der Waals surface area contributed by atoms with Crippen molar-refractivity contribution in [2.45, 2.75) is 59.0 Å². The summed E-state index contributed by atoms with van der Waals surface area (Å²) in [6, 6.07) is 6.58. The molecule has 0 radical (unpaired) electrons. The van der Waals surface area contributed by atoms with Crippen LogP contribution in [0.1, 0.15) is 57.6 Å². The minimum atomic E-state index is -0.0930. The molecule has 1 aromatic carbocycles. The molecule has 0 bridgehead atoms. The van der Waals surface area contributed by atoms with Crippen LogP contribution in [0.25, 0.3) is 0 Å². The summed E-state index contributed by atoms with van der Waals surface area (Å²) in [5.74, 6) is 0.447. The summed E-state index contributed by atoms with van der Waals surface area (Å²) in [4.78, 5) is 11.4. The molecule has 19 heavy (non-hydrogen) atoms. The number of halogens is 1. The number of aryl methyl sites for hydroxylation is 1. The molecule has 0 aliphatic heterocycles. The van der Waals surface area contributed by atoms with Crippen molar-refractivity contribution < 1.29 is 9.53 Å². The van der Waals surface area contributed by atoms with Gasteiger partial charge in [0.1, 0.15) is 0 Å². The van der Waals surface area contributed by atoms with Gasteiger partial charge in [-0.25, -0.2) is 0 Å². The Morgan fingerprint density at radius 1 is 1.26 bits per heavy atom. The molecule has 1 rings (SSSR count). The van der Waals surface area contributed by atoms with Crippen LogP contribution in [0.4, 0.5) is 0 Å². The number of carbonyl (C=O) groups excluding carboxylic acids is 1. The van der Waals surface area contributed by atoms with Gasteiger partial charge in [-0.15, -0.1) is 0 Å². The molecule has 0 saturated carbocycles. The molecule has 1 aromatic rings. The maximum atomic E-state index is 11.4. The normalized spacial score (nSPS) is 11.1. The smallest absolute Gasteiger partial charge is 0.306 e. The number of benzene rings is 1. The van der Waals surface area contributed by atoms with Crippen LogP contribution in [-0.4, -0.2) is 12.1 Å². The lowest BCUT2D eigenvalue weighted by Crippen LogP contribution is -2.11. The van der Waals surface area contributed by atoms with Gasteiger partial charge >= 0.3 is 5.97 Å². The summed E-state index contributed by atoms with van der Waals surface area (Å²) in [7, 11) is 0. The molecule has 0 N–H and O–H groups in total. The first-order valence-corrected chi connectivity index (χ1v) is 7.95. The van der Waals surface area contributed by atoms with Gasteiger partial charge in [-0.05, 0) is 72.4 Å². The number of hydrogen-bond acceptors (Lipinski definition) is 2. The van der Waals surface area contributed by atoms with Crippen molar-refractivity contribution in [2.24, 2.45) is 0 Å². The third-order valence-electron chi connectivity index (χ3n) is 2.90. The van der Waals surface area contributed by atoms with Gasteiger partial charge in [-0.3, -0.25) is 4.79 Å². The average Bonchev–Trinajstić information content (AvgIpc) is 2.30. The predicted molar refractivity (Wildman–Crippen MR) is 87.4 cm³/mol. The topological polar surface area (TPSA) is 26.3 Å². The van der Waals surface area contributed by atoms with Crippen molar-refractivity contribution in [2.75, 3.05) is 0 Å². The molecule has 0 heterocycles. The molecule has 0 amide bonds. The minimum Gasteiger partial charge on any atom is -0.463 e. The van der Waals surface area contributed by atoms with Crippen molar-refractivity contribution >= 4 is 28.6 Å². The molecule has 106 valence electrons. The lowest BCUT2D eigenvalue weighted by Gasteiger charge is -2.11. The highest BCUT2D eigenvalue weighted by molar-refractivity contribution is 14.1. The van der Waals surface area contributed by atoms with Crippen LogP contribution >= 0.6 is 22.6 Å². The number of esters is 1. The fraction of sp³-hybridized carbons (Fsp3) is 0.562. The Morgan fingerprint density at radius 3 is 2.53 bits per heavy atom. The SMILES string of the molecule is CC(C)OC(=O)CCCc1ccc(I)c(C(C)C)c1. The van der Waals surface area contributed by atoms with E-state index in [0.717, 1.165) is 12.8 Å². The molecule has 0 spiro atoms. The third-order valence-corrected chi connectivity index (χ3v) is 3.88. The molecule has 0 atom stereocenters. The molecule has 0 aliphatic carbocycles. The van der Waals surface area contributed by atoms with Gasteiger partial charge < -0.3 is 4.74 Å². The first-order chi connectivity index (χ1) is 8.90. The molecule has 2 nitrogen and oxygen atoms in total. The largest absolute Gasteiger partial charge is 0.463 e. The predicted octanol–water partition coefficient (Wildman–Crippen LogP) is 4.69. The van der Waals surface area contributed by atoms with Crippen LogP contribution < -0.4 is 0 Å². The van der Waals surface area contributed by atoms with E-state index in [2.05, 4.69) is 54.6 Å². The second-order valence-electron chi connectivity index (χ2n) is 5.40. The van der Waals surface area contributed by atoms with Gasteiger partial charge in [-0.1, -0.05) is 26.0 Å². The Hall–Kier alpha value is -0.580. The Labute approximate surface area is 130 Å². The van der Waals surface area contributed by atoms with E-state index < -0.39 is 0 Å². The number of carbonyl (C=O) groups is 1. The van der Waals surface area contributed by atoms with E-state index in [-0.39, 0.29) is 12.1 Å². The van der Waals surface area contributed by atoms with Gasteiger partial charge in [0, 0.05) is 9.99 Å². The molecular formula is C16H23IO2. The number of rotatable bonds is 6. The van der Waals surface area contributed by atoms with E-state index in [1.165, 1.54) is 14.7 Å². The molecule has 3 heteroatoms. The molecule has 0 aromatic heterocycles. The zero-order chi connectivity index (χ0) is 14.4. The number of hydrogen-bond donors (Lipinski definition) is 0. The van der Waals surface area contributed by atoms with Crippen LogP contribution in [-0.2, 0) is 16.0 Å². The molecular weight excluding hydrogens is 351 g/mol. The second-order valence-corrected chi connectivity index (χ2v) is 6.56. The Balaban J connectivity index is 2.50. The third kappa shape index (κ3) is 5.93. The van der Waals surface area contributed by atoms with Gasteiger partial charge in [0.2, 0.25) is 0 Å². The zero-order valence-electron chi connectivity index (χ0n) is 12.2. The molecule has 0 fully saturated rings. The van der Waals surface area contributed by atoms with E-state index in [0.29, 0.717) is 12.3 Å². The monoisotopic (exact) mass is 374 g/mol. The van der Waals surface area contributed by atoms with Gasteiger partial charge in [0.05, 0.1) is 6.10 Å². The highest BCUT2D eigenvalue weighted by Crippen LogP contribution is 2.23. The average molecular weight is 374 g/mol. The van der Waals surface area contributed by atoms with Crippen LogP contribution in [0.3, 0.4) is 0 Å². The van der Waals surface area contributed by atoms with E-state index >= 15 is 0 Å². The lowest BCUT2D eigenvalue weighted by atomic mass is 9.99. The van der Waals surface area contributed by atoms with Crippen LogP contribution in [0.2, 0.25) is 0 Å². The van der Waals surface area contributed by atoms with Gasteiger partial charge in [0.15, 0.2) is 0 Å². The fourth-order valence-corrected chi connectivity index (χ4v) is 2.91. The zero-order valence-corrected chi connectivity index (χ0v) is 14.4. The van der Waals surface area contributed by atoms with E-state index in [4.69, 9.17) is 4.74 Å². The molecule has 0 saturated heterocycles. The van der Waals surface area contributed by atoms with E-state index in [9.17, 15) is 4.79 Å². The number of ether oxygens (including phenoxy) is 1. The highest BCUT2D eigenvalue weighted by atomic mass is 127. The van der Waals surface area contributed by atoms with Gasteiger partial charge in [-0.2, -0.15) is 0 Å². The first-order valence-electron chi connectivity index (χ1n) is 6.88. The maximum absolute atomic E-state index is 11.4. The Morgan fingerprint density at radius 2 is 1.95 bits per heavy atom. The van der Waals surface area contributed by atoms with Crippen molar-refractivity contribution in [3.8, 4) is 0 Å². The summed E-state index contributed by atoms with van der Waals surface area (Å²) in [5.41, 5.74) is 2.70. The van der Waals surface area contributed by atoms with Crippen molar-refractivity contribution in [1.82, 2.24) is 0 Å². The highest BCUT2D eigenvalue weighted by Gasteiger charge is 2.08. The Bertz CT molecular complexity index is 425. The van der Waals surface area contributed by atoms with Crippen molar-refractivity contribution in [3.63, 3.8) is 0 Å². The quantitative estimate of drug-likeness (QED) is 0.534. The van der Waals surface area contributed by atoms with Crippen LogP contribution in [0.5, 0.6) is 0 Å². The van der Waals surface area contributed by atoms with Crippen LogP contribution in [0, 0.1) is 3.57 Å². The van der Waals surface area contributed by atoms with Crippen molar-refractivity contribution in [1.29, 1.82) is 0 Å². The van der Waals surface area contributed by atoms with Crippen LogP contribution in [0.15, 0.2) is 18.2 Å². The second kappa shape index (κ2) is 7.88. The van der Waals surface area contributed by atoms with E-state index in [1.54, 1.807) is 0 Å². The van der Waals surface area contributed by atoms with E-state index in [1.807, 2.05) is 13.8 Å². The van der Waals surface area contributed by atoms with Crippen molar-refractivity contribution in [3.05, 3.63) is 32.9 Å².